The van der Waals surface area contributed by atoms with Crippen LogP contribution in [0, 0.1) is 5.92 Å². The Labute approximate surface area is 120 Å². The largest absolute Gasteiger partial charge is 0.308 e. The molecule has 1 aromatic rings. The molecular formula is C14H22Cl2N2. The average Bonchev–Trinajstić information content (AvgIpc) is 2.21. The van der Waals surface area contributed by atoms with E-state index >= 15 is 0 Å². The van der Waals surface area contributed by atoms with Gasteiger partial charge in [0.15, 0.2) is 0 Å². The lowest BCUT2D eigenvalue weighted by Gasteiger charge is -2.25. The molecule has 18 heavy (non-hydrogen) atoms. The van der Waals surface area contributed by atoms with Crippen molar-refractivity contribution < 1.29 is 0 Å². The molecule has 0 saturated heterocycles. The van der Waals surface area contributed by atoms with Crippen molar-refractivity contribution in [2.75, 3.05) is 20.6 Å². The maximum absolute atomic E-state index is 5.99. The van der Waals surface area contributed by atoms with Crippen LogP contribution in [0.1, 0.15) is 19.4 Å². The third-order valence-corrected chi connectivity index (χ3v) is 3.29. The molecule has 1 rings (SSSR count). The van der Waals surface area contributed by atoms with Crippen LogP contribution in [0.3, 0.4) is 0 Å². The topological polar surface area (TPSA) is 15.3 Å². The Morgan fingerprint density at radius 2 is 1.67 bits per heavy atom. The van der Waals surface area contributed by atoms with E-state index in [-0.39, 0.29) is 0 Å². The zero-order chi connectivity index (χ0) is 13.7. The van der Waals surface area contributed by atoms with Crippen molar-refractivity contribution in [3.63, 3.8) is 0 Å². The molecule has 0 amide bonds. The van der Waals surface area contributed by atoms with Gasteiger partial charge in [-0.25, -0.2) is 0 Å². The van der Waals surface area contributed by atoms with Crippen LogP contribution in [0.4, 0.5) is 0 Å². The van der Waals surface area contributed by atoms with E-state index in [4.69, 9.17) is 23.2 Å². The predicted molar refractivity (Wildman–Crippen MR) is 80.5 cm³/mol. The third kappa shape index (κ3) is 5.57. The van der Waals surface area contributed by atoms with Gasteiger partial charge in [-0.2, -0.15) is 0 Å². The summed E-state index contributed by atoms with van der Waals surface area (Å²) in [6.07, 6.45) is 0. The second kappa shape index (κ2) is 7.34. The van der Waals surface area contributed by atoms with Gasteiger partial charge in [0.05, 0.1) is 0 Å². The molecule has 0 aliphatic rings. The summed E-state index contributed by atoms with van der Waals surface area (Å²) >= 11 is 12.0. The van der Waals surface area contributed by atoms with Crippen molar-refractivity contribution in [2.45, 2.75) is 26.4 Å². The molecule has 2 nitrogen and oxygen atoms in total. The lowest BCUT2D eigenvalue weighted by atomic mass is 10.0. The van der Waals surface area contributed by atoms with Gasteiger partial charge in [-0.15, -0.1) is 0 Å². The Morgan fingerprint density at radius 1 is 1.11 bits per heavy atom. The lowest BCUT2D eigenvalue weighted by Crippen LogP contribution is -2.41. The minimum atomic E-state index is 0.456. The van der Waals surface area contributed by atoms with E-state index in [0.717, 1.165) is 18.7 Å². The van der Waals surface area contributed by atoms with Crippen molar-refractivity contribution >= 4 is 23.2 Å². The second-order valence-electron chi connectivity index (χ2n) is 5.27. The highest BCUT2D eigenvalue weighted by atomic mass is 35.5. The number of halogens is 2. The number of hydrogen-bond acceptors (Lipinski definition) is 2. The molecule has 0 radical (unpaired) electrons. The molecule has 0 fully saturated rings. The number of nitrogens with one attached hydrogen (secondary N) is 1. The number of nitrogens with zero attached hydrogens (tertiary/aromatic N) is 1. The summed E-state index contributed by atoms with van der Waals surface area (Å²) in [7, 11) is 4.18. The summed E-state index contributed by atoms with van der Waals surface area (Å²) in [6.45, 7) is 6.27. The summed E-state index contributed by atoms with van der Waals surface area (Å²) < 4.78 is 0. The Kier molecular flexibility index (Phi) is 6.44. The molecule has 0 aliphatic carbocycles. The molecule has 0 aromatic heterocycles. The summed E-state index contributed by atoms with van der Waals surface area (Å²) in [5.74, 6) is 0.585. The summed E-state index contributed by atoms with van der Waals surface area (Å²) in [6, 6.07) is 6.12. The number of likely N-dealkylation sites (N-methyl/N-ethyl adjacent to an activating group) is 1. The van der Waals surface area contributed by atoms with Gasteiger partial charge in [-0.05, 0) is 43.8 Å². The molecule has 1 N–H and O–H groups in total. The standard InChI is InChI=1S/C14H22Cl2N2/c1-10(2)14(9-18(3)4)17-8-11-5-12(15)7-13(16)6-11/h5-7,10,14,17H,8-9H2,1-4H3. The highest BCUT2D eigenvalue weighted by Crippen LogP contribution is 2.19. The first kappa shape index (κ1) is 15.8. The van der Waals surface area contributed by atoms with Crippen LogP contribution in [0.2, 0.25) is 10.0 Å². The van der Waals surface area contributed by atoms with E-state index in [2.05, 4.69) is 38.2 Å². The number of rotatable bonds is 6. The first-order chi connectivity index (χ1) is 8.38. The van der Waals surface area contributed by atoms with Crippen molar-refractivity contribution in [1.82, 2.24) is 10.2 Å². The average molecular weight is 289 g/mol. The van der Waals surface area contributed by atoms with Crippen LogP contribution in [0.5, 0.6) is 0 Å². The molecular weight excluding hydrogens is 267 g/mol. The molecule has 102 valence electrons. The number of benzene rings is 1. The van der Waals surface area contributed by atoms with E-state index in [0.29, 0.717) is 22.0 Å². The van der Waals surface area contributed by atoms with Crippen molar-refractivity contribution in [1.29, 1.82) is 0 Å². The van der Waals surface area contributed by atoms with E-state index < -0.39 is 0 Å². The molecule has 0 saturated carbocycles. The van der Waals surface area contributed by atoms with Crippen LogP contribution in [-0.4, -0.2) is 31.6 Å². The molecule has 0 heterocycles. The smallest absolute Gasteiger partial charge is 0.0424 e. The van der Waals surface area contributed by atoms with E-state index in [1.807, 2.05) is 12.1 Å². The van der Waals surface area contributed by atoms with Crippen LogP contribution >= 0.6 is 23.2 Å². The third-order valence-electron chi connectivity index (χ3n) is 2.86. The first-order valence-corrected chi connectivity index (χ1v) is 6.97. The number of hydrogen-bond donors (Lipinski definition) is 1. The SMILES string of the molecule is CC(C)C(CN(C)C)NCc1cc(Cl)cc(Cl)c1. The van der Waals surface area contributed by atoms with Crippen molar-refractivity contribution in [3.8, 4) is 0 Å². The molecule has 1 aromatic carbocycles. The summed E-state index contributed by atoms with van der Waals surface area (Å²) in [5, 5.41) is 4.94. The molecule has 1 atom stereocenters. The Balaban J connectivity index is 2.61. The van der Waals surface area contributed by atoms with Gasteiger partial charge in [0.25, 0.3) is 0 Å². The van der Waals surface area contributed by atoms with E-state index in [9.17, 15) is 0 Å². The van der Waals surface area contributed by atoms with Crippen LogP contribution in [0.25, 0.3) is 0 Å². The molecule has 0 aliphatic heterocycles. The van der Waals surface area contributed by atoms with Gasteiger partial charge < -0.3 is 10.2 Å². The monoisotopic (exact) mass is 288 g/mol. The summed E-state index contributed by atoms with van der Waals surface area (Å²) in [5.41, 5.74) is 1.12. The van der Waals surface area contributed by atoms with E-state index in [1.165, 1.54) is 0 Å². The quantitative estimate of drug-likeness (QED) is 0.859. The van der Waals surface area contributed by atoms with Crippen molar-refractivity contribution in [3.05, 3.63) is 33.8 Å². The van der Waals surface area contributed by atoms with Gasteiger partial charge in [0.2, 0.25) is 0 Å². The summed E-state index contributed by atoms with van der Waals surface area (Å²) in [4.78, 5) is 2.20. The molecule has 1 unspecified atom stereocenters. The van der Waals surface area contributed by atoms with E-state index in [1.54, 1.807) is 6.07 Å². The van der Waals surface area contributed by atoms with Gasteiger partial charge >= 0.3 is 0 Å². The van der Waals surface area contributed by atoms with Crippen LogP contribution in [-0.2, 0) is 6.54 Å². The van der Waals surface area contributed by atoms with Gasteiger partial charge in [-0.3, -0.25) is 0 Å². The fourth-order valence-corrected chi connectivity index (χ4v) is 2.44. The normalized spacial score (nSPS) is 13.3. The van der Waals surface area contributed by atoms with Crippen LogP contribution in [0.15, 0.2) is 18.2 Å². The maximum atomic E-state index is 5.99. The first-order valence-electron chi connectivity index (χ1n) is 6.21. The highest BCUT2D eigenvalue weighted by molar-refractivity contribution is 6.34. The fourth-order valence-electron chi connectivity index (χ4n) is 1.87. The lowest BCUT2D eigenvalue weighted by molar-refractivity contribution is 0.288. The second-order valence-corrected chi connectivity index (χ2v) is 6.14. The zero-order valence-corrected chi connectivity index (χ0v) is 13.0. The molecule has 0 bridgehead atoms. The molecule has 4 heteroatoms. The van der Waals surface area contributed by atoms with Gasteiger partial charge in [-0.1, -0.05) is 37.0 Å². The maximum Gasteiger partial charge on any atom is 0.0424 e. The van der Waals surface area contributed by atoms with Gasteiger partial charge in [0, 0.05) is 29.2 Å². The minimum Gasteiger partial charge on any atom is -0.308 e. The highest BCUT2D eigenvalue weighted by Gasteiger charge is 2.13. The van der Waals surface area contributed by atoms with Gasteiger partial charge in [0.1, 0.15) is 0 Å². The minimum absolute atomic E-state index is 0.456. The Bertz CT molecular complexity index is 358. The van der Waals surface area contributed by atoms with Crippen molar-refractivity contribution in [2.24, 2.45) is 5.92 Å². The van der Waals surface area contributed by atoms with Crippen LogP contribution < -0.4 is 5.32 Å². The zero-order valence-electron chi connectivity index (χ0n) is 11.5. The fraction of sp³-hybridized carbons (Fsp3) is 0.571. The Morgan fingerprint density at radius 3 is 2.11 bits per heavy atom. The molecule has 0 spiro atoms. The Hall–Kier alpha value is -0.280. The predicted octanol–water partition coefficient (Wildman–Crippen LogP) is 3.67.